The summed E-state index contributed by atoms with van der Waals surface area (Å²) < 4.78 is 4.90. The molecule has 21 heavy (non-hydrogen) atoms. The number of hydrogen-bond acceptors (Lipinski definition) is 5. The molecule has 0 aliphatic carbocycles. The number of amides is 1. The van der Waals surface area contributed by atoms with Gasteiger partial charge in [-0.1, -0.05) is 0 Å². The zero-order valence-corrected chi connectivity index (χ0v) is 12.7. The first kappa shape index (κ1) is 16.9. The third-order valence-corrected chi connectivity index (χ3v) is 2.67. The van der Waals surface area contributed by atoms with Crippen LogP contribution in [0, 0.1) is 10.1 Å². The van der Waals surface area contributed by atoms with Crippen molar-refractivity contribution in [1.29, 1.82) is 0 Å². The second-order valence-electron chi connectivity index (χ2n) is 5.62. The number of methoxy groups -OCH3 is 1. The van der Waals surface area contributed by atoms with Gasteiger partial charge in [-0.3, -0.25) is 14.9 Å². The summed E-state index contributed by atoms with van der Waals surface area (Å²) in [7, 11) is 1.36. The van der Waals surface area contributed by atoms with Gasteiger partial charge in [-0.25, -0.2) is 0 Å². The van der Waals surface area contributed by atoms with Crippen LogP contribution in [-0.4, -0.2) is 30.0 Å². The van der Waals surface area contributed by atoms with E-state index in [1.54, 1.807) is 6.07 Å². The van der Waals surface area contributed by atoms with Gasteiger partial charge in [0.1, 0.15) is 0 Å². The van der Waals surface area contributed by atoms with Gasteiger partial charge >= 0.3 is 5.69 Å². The number of benzene rings is 1. The van der Waals surface area contributed by atoms with Crippen LogP contribution in [0.3, 0.4) is 0 Å². The van der Waals surface area contributed by atoms with Crippen LogP contribution in [0.1, 0.15) is 27.2 Å². The number of nitro benzene ring substituents is 1. The highest BCUT2D eigenvalue weighted by molar-refractivity contribution is 5.91. The van der Waals surface area contributed by atoms with Gasteiger partial charge in [-0.05, 0) is 32.9 Å². The van der Waals surface area contributed by atoms with Crippen molar-refractivity contribution < 1.29 is 14.5 Å². The molecule has 1 amide bonds. The molecule has 2 N–H and O–H groups in total. The van der Waals surface area contributed by atoms with Gasteiger partial charge in [-0.15, -0.1) is 0 Å². The van der Waals surface area contributed by atoms with Crippen molar-refractivity contribution in [2.75, 3.05) is 19.0 Å². The van der Waals surface area contributed by atoms with Crippen LogP contribution in [0.5, 0.6) is 5.75 Å². The van der Waals surface area contributed by atoms with Crippen molar-refractivity contribution in [3.8, 4) is 5.75 Å². The summed E-state index contributed by atoms with van der Waals surface area (Å²) in [6.45, 7) is 6.57. The number of nitro groups is 1. The molecule has 1 aromatic carbocycles. The molecule has 1 rings (SSSR count). The van der Waals surface area contributed by atoms with E-state index in [4.69, 9.17) is 4.74 Å². The van der Waals surface area contributed by atoms with E-state index in [0.29, 0.717) is 12.2 Å². The smallest absolute Gasteiger partial charge is 0.312 e. The minimum atomic E-state index is -0.546. The third kappa shape index (κ3) is 5.78. The van der Waals surface area contributed by atoms with Crippen LogP contribution in [0.2, 0.25) is 0 Å². The molecular formula is C14H21N3O4. The Hall–Kier alpha value is -2.15. The summed E-state index contributed by atoms with van der Waals surface area (Å²) in [4.78, 5) is 22.1. The molecule has 0 unspecified atom stereocenters. The molecule has 0 saturated heterocycles. The van der Waals surface area contributed by atoms with E-state index < -0.39 is 4.92 Å². The number of ether oxygens (including phenoxy) is 1. The molecule has 0 saturated carbocycles. The molecule has 0 heterocycles. The summed E-state index contributed by atoms with van der Waals surface area (Å²) in [5, 5.41) is 16.7. The van der Waals surface area contributed by atoms with Crippen LogP contribution in [-0.2, 0) is 4.79 Å². The van der Waals surface area contributed by atoms with Crippen molar-refractivity contribution >= 4 is 17.3 Å². The first-order valence-electron chi connectivity index (χ1n) is 6.60. The molecule has 116 valence electrons. The lowest BCUT2D eigenvalue weighted by atomic mass is 10.1. The lowest BCUT2D eigenvalue weighted by molar-refractivity contribution is -0.385. The minimum Gasteiger partial charge on any atom is -0.490 e. The predicted molar refractivity (Wildman–Crippen MR) is 80.7 cm³/mol. The van der Waals surface area contributed by atoms with E-state index in [1.807, 2.05) is 20.8 Å². The maximum absolute atomic E-state index is 11.8. The number of nitrogens with one attached hydrogen (secondary N) is 2. The van der Waals surface area contributed by atoms with Gasteiger partial charge in [0.05, 0.1) is 12.0 Å². The van der Waals surface area contributed by atoms with Gasteiger partial charge in [0.2, 0.25) is 5.91 Å². The number of carbonyl (C=O) groups excluding carboxylic acids is 1. The lowest BCUT2D eigenvalue weighted by Crippen LogP contribution is -2.37. The molecule has 0 atom stereocenters. The fourth-order valence-electron chi connectivity index (χ4n) is 1.68. The zero-order valence-electron chi connectivity index (χ0n) is 12.7. The van der Waals surface area contributed by atoms with Gasteiger partial charge in [0.25, 0.3) is 0 Å². The molecule has 7 heteroatoms. The van der Waals surface area contributed by atoms with Gasteiger partial charge in [0, 0.05) is 30.3 Å². The first-order valence-corrected chi connectivity index (χ1v) is 6.60. The van der Waals surface area contributed by atoms with Crippen LogP contribution >= 0.6 is 0 Å². The van der Waals surface area contributed by atoms with E-state index in [1.165, 1.54) is 19.2 Å². The lowest BCUT2D eigenvalue weighted by Gasteiger charge is -2.20. The summed E-state index contributed by atoms with van der Waals surface area (Å²) in [5.74, 6) is -0.0430. The maximum Gasteiger partial charge on any atom is 0.312 e. The molecule has 0 aromatic heterocycles. The Morgan fingerprint density at radius 3 is 2.57 bits per heavy atom. The van der Waals surface area contributed by atoms with Crippen molar-refractivity contribution in [2.24, 2.45) is 0 Å². The topological polar surface area (TPSA) is 93.5 Å². The predicted octanol–water partition coefficient (Wildman–Crippen LogP) is 2.32. The standard InChI is InChI=1S/C14H21N3O4/c1-14(2,3)15-8-7-13(18)16-10-5-6-12(21-4)11(9-10)17(19)20/h5-6,9,15H,7-8H2,1-4H3,(H,16,18). The van der Waals surface area contributed by atoms with Crippen LogP contribution in [0.4, 0.5) is 11.4 Å². The quantitative estimate of drug-likeness (QED) is 0.620. The summed E-state index contributed by atoms with van der Waals surface area (Å²) >= 11 is 0. The average Bonchev–Trinajstić information content (AvgIpc) is 2.37. The second-order valence-corrected chi connectivity index (χ2v) is 5.62. The molecule has 1 aromatic rings. The highest BCUT2D eigenvalue weighted by atomic mass is 16.6. The largest absolute Gasteiger partial charge is 0.490 e. The second kappa shape index (κ2) is 7.03. The highest BCUT2D eigenvalue weighted by Crippen LogP contribution is 2.29. The fraction of sp³-hybridized carbons (Fsp3) is 0.500. The van der Waals surface area contributed by atoms with Crippen molar-refractivity contribution in [3.05, 3.63) is 28.3 Å². The normalized spacial score (nSPS) is 11.0. The third-order valence-electron chi connectivity index (χ3n) is 2.67. The summed E-state index contributed by atoms with van der Waals surface area (Å²) in [6.07, 6.45) is 0.289. The molecule has 7 nitrogen and oxygen atoms in total. The Kier molecular flexibility index (Phi) is 5.66. The number of carbonyl (C=O) groups is 1. The van der Waals surface area contributed by atoms with Gasteiger partial charge in [-0.2, -0.15) is 0 Å². The summed E-state index contributed by atoms with van der Waals surface area (Å²) in [6, 6.07) is 4.32. The van der Waals surface area contributed by atoms with Gasteiger partial charge < -0.3 is 15.4 Å². The minimum absolute atomic E-state index is 0.0564. The van der Waals surface area contributed by atoms with Crippen LogP contribution in [0.15, 0.2) is 18.2 Å². The van der Waals surface area contributed by atoms with Crippen molar-refractivity contribution in [2.45, 2.75) is 32.7 Å². The fourth-order valence-corrected chi connectivity index (χ4v) is 1.68. The van der Waals surface area contributed by atoms with Gasteiger partial charge in [0.15, 0.2) is 5.75 Å². The number of nitrogens with zero attached hydrogens (tertiary/aromatic N) is 1. The Bertz CT molecular complexity index is 523. The maximum atomic E-state index is 11.8. The van der Waals surface area contributed by atoms with Crippen LogP contribution in [0.25, 0.3) is 0 Å². The molecule has 0 radical (unpaired) electrons. The molecule has 0 aliphatic rings. The monoisotopic (exact) mass is 295 g/mol. The molecule has 0 spiro atoms. The van der Waals surface area contributed by atoms with Crippen LogP contribution < -0.4 is 15.4 Å². The Morgan fingerprint density at radius 1 is 1.38 bits per heavy atom. The summed E-state index contributed by atoms with van der Waals surface area (Å²) in [5.41, 5.74) is 0.144. The Labute approximate surface area is 123 Å². The molecule has 0 bridgehead atoms. The van der Waals surface area contributed by atoms with Crippen molar-refractivity contribution in [1.82, 2.24) is 5.32 Å². The molecular weight excluding hydrogens is 274 g/mol. The Morgan fingerprint density at radius 2 is 2.05 bits per heavy atom. The van der Waals surface area contributed by atoms with E-state index in [9.17, 15) is 14.9 Å². The van der Waals surface area contributed by atoms with E-state index in [2.05, 4.69) is 10.6 Å². The SMILES string of the molecule is COc1ccc(NC(=O)CCNC(C)(C)C)cc1[N+](=O)[O-]. The van der Waals surface area contributed by atoms with E-state index in [-0.39, 0.29) is 29.3 Å². The highest BCUT2D eigenvalue weighted by Gasteiger charge is 2.16. The average molecular weight is 295 g/mol. The first-order chi connectivity index (χ1) is 9.73. The number of rotatable bonds is 6. The van der Waals surface area contributed by atoms with E-state index in [0.717, 1.165) is 0 Å². The van der Waals surface area contributed by atoms with E-state index >= 15 is 0 Å². The van der Waals surface area contributed by atoms with Crippen molar-refractivity contribution in [3.63, 3.8) is 0 Å². The Balaban J connectivity index is 2.64. The molecule has 0 aliphatic heterocycles. The number of anilines is 1. The number of hydrogen-bond donors (Lipinski definition) is 2. The molecule has 0 fully saturated rings. The zero-order chi connectivity index (χ0) is 16.0.